The van der Waals surface area contributed by atoms with Crippen molar-refractivity contribution in [2.24, 2.45) is 0 Å². The fourth-order valence-electron chi connectivity index (χ4n) is 1.55. The Hall–Kier alpha value is -2.10. The molecule has 0 aliphatic heterocycles. The molecule has 3 aromatic rings. The highest BCUT2D eigenvalue weighted by Gasteiger charge is 2.04. The lowest BCUT2D eigenvalue weighted by Crippen LogP contribution is -1.93. The number of hydrogen-bond donors (Lipinski definition) is 1. The third-order valence-corrected chi connectivity index (χ3v) is 2.20. The maximum atomic E-state index is 5.53. The number of aromatic nitrogens is 2. The van der Waals surface area contributed by atoms with Gasteiger partial charge < -0.3 is 10.2 Å². The minimum Gasteiger partial charge on any atom is -0.464 e. The molecule has 3 rings (SSSR count). The van der Waals surface area contributed by atoms with Gasteiger partial charge in [0.2, 0.25) is 5.95 Å². The highest BCUT2D eigenvalue weighted by atomic mass is 16.3. The summed E-state index contributed by atoms with van der Waals surface area (Å²) in [5, 5.41) is 1.93. The van der Waals surface area contributed by atoms with Crippen LogP contribution in [0.25, 0.3) is 21.9 Å². The summed E-state index contributed by atoms with van der Waals surface area (Å²) in [6.45, 7) is 0. The second-order valence-electron chi connectivity index (χ2n) is 3.06. The maximum absolute atomic E-state index is 5.53. The highest BCUT2D eigenvalue weighted by Crippen LogP contribution is 2.24. The summed E-state index contributed by atoms with van der Waals surface area (Å²) in [5.74, 6) is 0.284. The van der Waals surface area contributed by atoms with Crippen molar-refractivity contribution in [1.82, 2.24) is 9.97 Å². The number of furan rings is 1. The Kier molecular flexibility index (Phi) is 1.28. The van der Waals surface area contributed by atoms with E-state index in [1.165, 1.54) is 0 Å². The van der Waals surface area contributed by atoms with E-state index in [1.807, 2.05) is 18.2 Å². The number of nitrogens with zero attached hydrogens (tertiary/aromatic N) is 2. The van der Waals surface area contributed by atoms with Gasteiger partial charge in [0.05, 0.1) is 11.8 Å². The molecule has 0 spiro atoms. The molecule has 2 aromatic heterocycles. The van der Waals surface area contributed by atoms with Crippen molar-refractivity contribution in [2.45, 2.75) is 0 Å². The van der Waals surface area contributed by atoms with E-state index in [9.17, 15) is 0 Å². The van der Waals surface area contributed by atoms with Crippen LogP contribution in [0.1, 0.15) is 0 Å². The van der Waals surface area contributed by atoms with E-state index in [4.69, 9.17) is 10.2 Å². The largest absolute Gasteiger partial charge is 0.464 e. The van der Waals surface area contributed by atoms with Gasteiger partial charge >= 0.3 is 0 Å². The molecule has 0 unspecified atom stereocenters. The number of anilines is 1. The van der Waals surface area contributed by atoms with E-state index in [0.717, 1.165) is 21.9 Å². The van der Waals surface area contributed by atoms with E-state index in [1.54, 1.807) is 12.5 Å². The molecule has 0 bridgehead atoms. The summed E-state index contributed by atoms with van der Waals surface area (Å²) >= 11 is 0. The first kappa shape index (κ1) is 7.32. The Labute approximate surface area is 79.4 Å². The molecule has 14 heavy (non-hydrogen) atoms. The Balaban J connectivity index is 2.60. The van der Waals surface area contributed by atoms with E-state index in [2.05, 4.69) is 9.97 Å². The summed E-state index contributed by atoms with van der Waals surface area (Å²) in [6.07, 6.45) is 3.35. The number of rotatable bonds is 0. The molecule has 2 heterocycles. The zero-order valence-corrected chi connectivity index (χ0v) is 7.27. The Morgan fingerprint density at radius 1 is 1.21 bits per heavy atom. The first-order chi connectivity index (χ1) is 6.84. The molecule has 4 nitrogen and oxygen atoms in total. The third kappa shape index (κ3) is 0.877. The van der Waals surface area contributed by atoms with Crippen LogP contribution < -0.4 is 5.73 Å². The SMILES string of the molecule is Nc1ncc2ccc3occc3c2n1. The lowest BCUT2D eigenvalue weighted by Gasteiger charge is -1.98. The molecule has 68 valence electrons. The van der Waals surface area contributed by atoms with Gasteiger partial charge in [-0.2, -0.15) is 0 Å². The molecule has 1 aromatic carbocycles. The average molecular weight is 185 g/mol. The normalized spacial score (nSPS) is 11.1. The predicted molar refractivity (Wildman–Crippen MR) is 53.7 cm³/mol. The van der Waals surface area contributed by atoms with Crippen LogP contribution in [-0.2, 0) is 0 Å². The summed E-state index contributed by atoms with van der Waals surface area (Å²) in [5.41, 5.74) is 7.18. The molecule has 0 saturated carbocycles. The molecule has 0 aliphatic rings. The summed E-state index contributed by atoms with van der Waals surface area (Å²) in [6, 6.07) is 5.70. The Bertz CT molecular complexity index is 615. The van der Waals surface area contributed by atoms with Crippen LogP contribution in [0.2, 0.25) is 0 Å². The summed E-state index contributed by atoms with van der Waals surface area (Å²) < 4.78 is 5.26. The molecule has 0 aliphatic carbocycles. The van der Waals surface area contributed by atoms with Gasteiger partial charge in [0.15, 0.2) is 0 Å². The number of nitrogens with two attached hydrogens (primary N) is 1. The van der Waals surface area contributed by atoms with Crippen molar-refractivity contribution >= 4 is 27.8 Å². The van der Waals surface area contributed by atoms with Crippen molar-refractivity contribution in [2.75, 3.05) is 5.73 Å². The second kappa shape index (κ2) is 2.45. The standard InChI is InChI=1S/C10H7N3O/c11-10-12-5-6-1-2-8-7(3-4-14-8)9(6)13-10/h1-5H,(H2,11,12,13). The lowest BCUT2D eigenvalue weighted by atomic mass is 10.2. The quantitative estimate of drug-likeness (QED) is 0.581. The van der Waals surface area contributed by atoms with Crippen LogP contribution in [0.4, 0.5) is 5.95 Å². The van der Waals surface area contributed by atoms with Crippen molar-refractivity contribution in [3.63, 3.8) is 0 Å². The van der Waals surface area contributed by atoms with Gasteiger partial charge in [-0.25, -0.2) is 9.97 Å². The van der Waals surface area contributed by atoms with E-state index in [-0.39, 0.29) is 5.95 Å². The van der Waals surface area contributed by atoms with Crippen LogP contribution in [-0.4, -0.2) is 9.97 Å². The highest BCUT2D eigenvalue weighted by molar-refractivity contribution is 6.03. The molecule has 2 N–H and O–H groups in total. The van der Waals surface area contributed by atoms with Crippen LogP contribution in [0.5, 0.6) is 0 Å². The van der Waals surface area contributed by atoms with Crippen molar-refractivity contribution in [1.29, 1.82) is 0 Å². The second-order valence-corrected chi connectivity index (χ2v) is 3.06. The van der Waals surface area contributed by atoms with Gasteiger partial charge in [0.25, 0.3) is 0 Å². The van der Waals surface area contributed by atoms with E-state index < -0.39 is 0 Å². The van der Waals surface area contributed by atoms with Gasteiger partial charge in [-0.3, -0.25) is 0 Å². The van der Waals surface area contributed by atoms with Gasteiger partial charge in [-0.05, 0) is 18.2 Å². The fourth-order valence-corrected chi connectivity index (χ4v) is 1.55. The Morgan fingerprint density at radius 2 is 2.14 bits per heavy atom. The number of fused-ring (bicyclic) bond motifs is 3. The minimum absolute atomic E-state index is 0.284. The number of hydrogen-bond acceptors (Lipinski definition) is 4. The summed E-state index contributed by atoms with van der Waals surface area (Å²) in [4.78, 5) is 8.12. The van der Waals surface area contributed by atoms with Crippen molar-refractivity contribution < 1.29 is 4.42 Å². The monoisotopic (exact) mass is 185 g/mol. The van der Waals surface area contributed by atoms with Crippen LogP contribution in [0, 0.1) is 0 Å². The van der Waals surface area contributed by atoms with Gasteiger partial charge in [-0.1, -0.05) is 0 Å². The first-order valence-electron chi connectivity index (χ1n) is 4.23. The first-order valence-corrected chi connectivity index (χ1v) is 4.23. The molecule has 4 heteroatoms. The minimum atomic E-state index is 0.284. The number of benzene rings is 1. The van der Waals surface area contributed by atoms with Crippen molar-refractivity contribution in [3.8, 4) is 0 Å². The zero-order valence-electron chi connectivity index (χ0n) is 7.27. The van der Waals surface area contributed by atoms with E-state index in [0.29, 0.717) is 0 Å². The molecular weight excluding hydrogens is 178 g/mol. The van der Waals surface area contributed by atoms with Gasteiger partial charge in [0.1, 0.15) is 5.58 Å². The van der Waals surface area contributed by atoms with Gasteiger partial charge in [0, 0.05) is 17.0 Å². The lowest BCUT2D eigenvalue weighted by molar-refractivity contribution is 0.616. The Morgan fingerprint density at radius 3 is 3.07 bits per heavy atom. The smallest absolute Gasteiger partial charge is 0.220 e. The molecule has 0 atom stereocenters. The number of nitrogen functional groups attached to an aromatic ring is 1. The topological polar surface area (TPSA) is 64.9 Å². The van der Waals surface area contributed by atoms with E-state index >= 15 is 0 Å². The third-order valence-electron chi connectivity index (χ3n) is 2.20. The molecule has 0 fully saturated rings. The average Bonchev–Trinajstić information content (AvgIpc) is 2.65. The molecular formula is C10H7N3O. The molecule has 0 amide bonds. The maximum Gasteiger partial charge on any atom is 0.220 e. The molecule has 0 saturated heterocycles. The summed E-state index contributed by atoms with van der Waals surface area (Å²) in [7, 11) is 0. The molecule has 0 radical (unpaired) electrons. The van der Waals surface area contributed by atoms with Gasteiger partial charge in [-0.15, -0.1) is 0 Å². The van der Waals surface area contributed by atoms with Crippen LogP contribution in [0.3, 0.4) is 0 Å². The zero-order chi connectivity index (χ0) is 9.54. The van der Waals surface area contributed by atoms with Crippen LogP contribution >= 0.6 is 0 Å². The van der Waals surface area contributed by atoms with Crippen molar-refractivity contribution in [3.05, 3.63) is 30.7 Å². The predicted octanol–water partition coefficient (Wildman–Crippen LogP) is 1.96. The van der Waals surface area contributed by atoms with Crippen LogP contribution in [0.15, 0.2) is 35.1 Å². The fraction of sp³-hybridized carbons (Fsp3) is 0.